The number of aromatic nitrogens is 4. The Kier molecular flexibility index (Phi) is 4.65. The highest BCUT2D eigenvalue weighted by Crippen LogP contribution is 2.37. The van der Waals surface area contributed by atoms with E-state index in [1.54, 1.807) is 18.6 Å². The van der Waals surface area contributed by atoms with Crippen LogP contribution < -0.4 is 5.32 Å². The highest BCUT2D eigenvalue weighted by Gasteiger charge is 2.26. The van der Waals surface area contributed by atoms with Crippen LogP contribution in [-0.4, -0.2) is 39.1 Å². The van der Waals surface area contributed by atoms with E-state index in [4.69, 9.17) is 4.74 Å². The molecule has 4 rings (SSSR count). The molecule has 0 radical (unpaired) electrons. The molecule has 1 saturated carbocycles. The lowest BCUT2D eigenvalue weighted by atomic mass is 10.0. The van der Waals surface area contributed by atoms with Crippen molar-refractivity contribution < 1.29 is 9.53 Å². The average molecular weight is 339 g/mol. The quantitative estimate of drug-likeness (QED) is 0.896. The predicted octanol–water partition coefficient (Wildman–Crippen LogP) is 1.97. The van der Waals surface area contributed by atoms with E-state index in [9.17, 15) is 4.79 Å². The molecular formula is C18H21N5O2. The molecule has 3 heterocycles. The van der Waals surface area contributed by atoms with Crippen LogP contribution in [0.3, 0.4) is 0 Å². The Morgan fingerprint density at radius 1 is 1.12 bits per heavy atom. The summed E-state index contributed by atoms with van der Waals surface area (Å²) >= 11 is 0. The third-order valence-corrected chi connectivity index (χ3v) is 4.56. The fraction of sp³-hybridized carbons (Fsp3) is 0.500. The molecule has 7 heteroatoms. The second-order valence-electron chi connectivity index (χ2n) is 6.61. The molecule has 0 spiro atoms. The van der Waals surface area contributed by atoms with Gasteiger partial charge in [-0.2, -0.15) is 0 Å². The summed E-state index contributed by atoms with van der Waals surface area (Å²) in [5, 5.41) is 2.87. The van der Waals surface area contributed by atoms with E-state index in [1.807, 2.05) is 6.07 Å². The van der Waals surface area contributed by atoms with Crippen LogP contribution in [0.25, 0.3) is 0 Å². The summed E-state index contributed by atoms with van der Waals surface area (Å²) in [5.41, 5.74) is 1.26. The van der Waals surface area contributed by atoms with E-state index in [0.29, 0.717) is 24.6 Å². The second kappa shape index (κ2) is 7.23. The van der Waals surface area contributed by atoms with Gasteiger partial charge in [0.25, 0.3) is 5.91 Å². The maximum Gasteiger partial charge on any atom is 0.254 e. The highest BCUT2D eigenvalue weighted by atomic mass is 16.5. The molecule has 2 fully saturated rings. The summed E-state index contributed by atoms with van der Waals surface area (Å²) in [7, 11) is 0. The van der Waals surface area contributed by atoms with Crippen LogP contribution in [0, 0.1) is 0 Å². The molecule has 1 saturated heterocycles. The van der Waals surface area contributed by atoms with E-state index < -0.39 is 0 Å². The topological polar surface area (TPSA) is 89.9 Å². The lowest BCUT2D eigenvalue weighted by Crippen LogP contribution is -2.24. The Morgan fingerprint density at radius 2 is 1.96 bits per heavy atom. The van der Waals surface area contributed by atoms with Crippen LogP contribution in [0.4, 0.5) is 0 Å². The van der Waals surface area contributed by atoms with Crippen molar-refractivity contribution in [3.05, 3.63) is 47.6 Å². The Labute approximate surface area is 146 Å². The van der Waals surface area contributed by atoms with Crippen molar-refractivity contribution in [3.8, 4) is 0 Å². The van der Waals surface area contributed by atoms with Gasteiger partial charge in [-0.15, -0.1) is 0 Å². The minimum atomic E-state index is -0.191. The summed E-state index contributed by atoms with van der Waals surface area (Å²) in [5.74, 6) is 2.17. The number of ether oxygens (including phenoxy) is 1. The van der Waals surface area contributed by atoms with E-state index in [0.717, 1.165) is 49.6 Å². The first-order valence-corrected chi connectivity index (χ1v) is 8.79. The van der Waals surface area contributed by atoms with Crippen molar-refractivity contribution in [2.24, 2.45) is 0 Å². The Morgan fingerprint density at radius 3 is 2.68 bits per heavy atom. The van der Waals surface area contributed by atoms with Crippen molar-refractivity contribution in [2.75, 3.05) is 13.2 Å². The molecule has 0 aromatic carbocycles. The summed E-state index contributed by atoms with van der Waals surface area (Å²) in [6, 6.07) is 1.82. The Balaban J connectivity index is 1.36. The highest BCUT2D eigenvalue weighted by molar-refractivity contribution is 5.93. The van der Waals surface area contributed by atoms with Gasteiger partial charge in [-0.3, -0.25) is 4.79 Å². The molecule has 1 aliphatic carbocycles. The Hall–Kier alpha value is -2.41. The fourth-order valence-electron chi connectivity index (χ4n) is 2.93. The molecule has 1 N–H and O–H groups in total. The molecule has 1 atom stereocenters. The van der Waals surface area contributed by atoms with Crippen molar-refractivity contribution in [2.45, 2.75) is 44.1 Å². The minimum Gasteiger partial charge on any atom is -0.381 e. The molecular weight excluding hydrogens is 318 g/mol. The van der Waals surface area contributed by atoms with Gasteiger partial charge in [-0.05, 0) is 31.7 Å². The summed E-state index contributed by atoms with van der Waals surface area (Å²) < 4.78 is 5.50. The third-order valence-electron chi connectivity index (χ3n) is 4.56. The molecule has 1 amide bonds. The molecule has 2 aromatic rings. The molecule has 0 bridgehead atoms. The standard InChI is InChI=1S/C18H21N5O2/c24-18(14-8-20-16(21-9-14)12-3-4-12)22-10-15-5-6-19-17(23-15)13-2-1-7-25-11-13/h5-6,8-9,12-13H,1-4,7,10-11H2,(H,22,24). The number of rotatable bonds is 5. The molecule has 25 heavy (non-hydrogen) atoms. The number of hydrogen-bond acceptors (Lipinski definition) is 6. The molecule has 1 unspecified atom stereocenters. The maximum atomic E-state index is 12.2. The SMILES string of the molecule is O=C(NCc1ccnc(C2CCCOC2)n1)c1cnc(C2CC2)nc1. The molecule has 1 aliphatic heterocycles. The van der Waals surface area contributed by atoms with Gasteiger partial charge in [0, 0.05) is 37.0 Å². The Bertz CT molecular complexity index is 739. The summed E-state index contributed by atoms with van der Waals surface area (Å²) in [6.45, 7) is 1.83. The second-order valence-corrected chi connectivity index (χ2v) is 6.61. The lowest BCUT2D eigenvalue weighted by Gasteiger charge is -2.20. The predicted molar refractivity (Wildman–Crippen MR) is 90.0 cm³/mol. The van der Waals surface area contributed by atoms with Crippen LogP contribution in [0.5, 0.6) is 0 Å². The summed E-state index contributed by atoms with van der Waals surface area (Å²) in [4.78, 5) is 29.7. The minimum absolute atomic E-state index is 0.191. The zero-order valence-electron chi connectivity index (χ0n) is 14.0. The van der Waals surface area contributed by atoms with Gasteiger partial charge in [0.2, 0.25) is 0 Å². The van der Waals surface area contributed by atoms with Gasteiger partial charge in [0.15, 0.2) is 0 Å². The number of amides is 1. The van der Waals surface area contributed by atoms with Gasteiger partial charge >= 0.3 is 0 Å². The van der Waals surface area contributed by atoms with Gasteiger partial charge in [-0.1, -0.05) is 0 Å². The normalized spacial score (nSPS) is 20.2. The number of nitrogens with zero attached hydrogens (tertiary/aromatic N) is 4. The smallest absolute Gasteiger partial charge is 0.254 e. The van der Waals surface area contributed by atoms with E-state index in [1.165, 1.54) is 0 Å². The van der Waals surface area contributed by atoms with E-state index in [2.05, 4.69) is 25.3 Å². The van der Waals surface area contributed by atoms with Crippen LogP contribution >= 0.6 is 0 Å². The van der Waals surface area contributed by atoms with Gasteiger partial charge in [0.1, 0.15) is 11.6 Å². The van der Waals surface area contributed by atoms with Crippen LogP contribution in [-0.2, 0) is 11.3 Å². The first kappa shape index (κ1) is 16.1. The molecule has 2 aromatic heterocycles. The van der Waals surface area contributed by atoms with Gasteiger partial charge < -0.3 is 10.1 Å². The maximum absolute atomic E-state index is 12.2. The monoisotopic (exact) mass is 339 g/mol. The molecule has 7 nitrogen and oxygen atoms in total. The molecule has 130 valence electrons. The first-order chi connectivity index (χ1) is 12.3. The van der Waals surface area contributed by atoms with Crippen molar-refractivity contribution in [3.63, 3.8) is 0 Å². The van der Waals surface area contributed by atoms with Crippen molar-refractivity contribution in [1.82, 2.24) is 25.3 Å². The number of carbonyl (C=O) groups is 1. The van der Waals surface area contributed by atoms with Crippen LogP contribution in [0.2, 0.25) is 0 Å². The summed E-state index contributed by atoms with van der Waals surface area (Å²) in [6.07, 6.45) is 9.31. The van der Waals surface area contributed by atoms with E-state index in [-0.39, 0.29) is 11.8 Å². The largest absolute Gasteiger partial charge is 0.381 e. The average Bonchev–Trinajstić information content (AvgIpc) is 3.52. The lowest BCUT2D eigenvalue weighted by molar-refractivity contribution is 0.0779. The van der Waals surface area contributed by atoms with E-state index >= 15 is 0 Å². The van der Waals surface area contributed by atoms with Crippen LogP contribution in [0.15, 0.2) is 24.7 Å². The van der Waals surface area contributed by atoms with Crippen molar-refractivity contribution in [1.29, 1.82) is 0 Å². The zero-order chi connectivity index (χ0) is 17.1. The van der Waals surface area contributed by atoms with Crippen molar-refractivity contribution >= 4 is 5.91 Å². The zero-order valence-corrected chi connectivity index (χ0v) is 14.0. The molecule has 2 aliphatic rings. The van der Waals surface area contributed by atoms with Crippen LogP contribution in [0.1, 0.15) is 65.2 Å². The van der Waals surface area contributed by atoms with Gasteiger partial charge in [-0.25, -0.2) is 19.9 Å². The number of nitrogens with one attached hydrogen (secondary N) is 1. The third kappa shape index (κ3) is 3.99. The fourth-order valence-corrected chi connectivity index (χ4v) is 2.93. The number of hydrogen-bond donors (Lipinski definition) is 1. The van der Waals surface area contributed by atoms with Gasteiger partial charge in [0.05, 0.1) is 24.4 Å². The first-order valence-electron chi connectivity index (χ1n) is 8.79. The number of carbonyl (C=O) groups excluding carboxylic acids is 1.